The van der Waals surface area contributed by atoms with Gasteiger partial charge in [-0.3, -0.25) is 4.79 Å². The molecule has 0 radical (unpaired) electrons. The van der Waals surface area contributed by atoms with E-state index < -0.39 is 17.6 Å². The molecule has 0 aromatic heterocycles. The molecule has 7 heteroatoms. The molecule has 3 nitrogen and oxygen atoms in total. The summed E-state index contributed by atoms with van der Waals surface area (Å²) in [5.74, 6) is -0.714. The first-order valence-electron chi connectivity index (χ1n) is 6.41. The van der Waals surface area contributed by atoms with Crippen molar-refractivity contribution in [2.45, 2.75) is 12.6 Å². The van der Waals surface area contributed by atoms with Crippen molar-refractivity contribution in [3.05, 3.63) is 45.4 Å². The van der Waals surface area contributed by atoms with E-state index in [2.05, 4.69) is 26.6 Å². The Morgan fingerprint density at radius 3 is 2.76 bits per heavy atom. The van der Waals surface area contributed by atoms with Crippen LogP contribution in [0.1, 0.15) is 22.3 Å². The molecular weight excluding hydrogens is 349 g/mol. The highest BCUT2D eigenvalue weighted by Crippen LogP contribution is 2.33. The number of alkyl halides is 3. The van der Waals surface area contributed by atoms with Gasteiger partial charge in [0.05, 0.1) is 11.1 Å². The summed E-state index contributed by atoms with van der Waals surface area (Å²) < 4.78 is 39.2. The Morgan fingerprint density at radius 1 is 1.38 bits per heavy atom. The molecule has 21 heavy (non-hydrogen) atoms. The van der Waals surface area contributed by atoms with Gasteiger partial charge in [0.1, 0.15) is 0 Å². The number of benzene rings is 1. The molecular formula is C14H14BrF3N2O. The Labute approximate surface area is 128 Å². The van der Waals surface area contributed by atoms with Gasteiger partial charge in [0.25, 0.3) is 5.91 Å². The van der Waals surface area contributed by atoms with E-state index in [1.54, 1.807) is 0 Å². The first-order chi connectivity index (χ1) is 9.88. The number of hydrogen-bond acceptors (Lipinski definition) is 2. The summed E-state index contributed by atoms with van der Waals surface area (Å²) in [4.78, 5) is 12.0. The summed E-state index contributed by atoms with van der Waals surface area (Å²) >= 11 is 2.99. The maximum atomic E-state index is 13.0. The number of carbonyl (C=O) groups is 1. The summed E-state index contributed by atoms with van der Waals surface area (Å²) in [5, 5.41) is 5.68. The Kier molecular flexibility index (Phi) is 5.05. The first-order valence-corrected chi connectivity index (χ1v) is 7.21. The van der Waals surface area contributed by atoms with Crippen LogP contribution in [0.4, 0.5) is 13.2 Å². The Balaban J connectivity index is 2.13. The summed E-state index contributed by atoms with van der Waals surface area (Å²) in [6, 6.07) is 3.52. The van der Waals surface area contributed by atoms with Crippen molar-refractivity contribution in [2.75, 3.05) is 19.6 Å². The lowest BCUT2D eigenvalue weighted by Gasteiger charge is -2.16. The average Bonchev–Trinajstić information content (AvgIpc) is 2.45. The molecule has 1 heterocycles. The zero-order valence-electron chi connectivity index (χ0n) is 11.1. The Morgan fingerprint density at radius 2 is 2.14 bits per heavy atom. The van der Waals surface area contributed by atoms with E-state index in [-0.39, 0.29) is 16.6 Å². The SMILES string of the molecule is O=C(NCC1=CCNCC1)c1ccc(Br)cc1C(F)(F)F. The van der Waals surface area contributed by atoms with E-state index in [1.165, 1.54) is 12.1 Å². The van der Waals surface area contributed by atoms with Crippen LogP contribution >= 0.6 is 15.9 Å². The lowest BCUT2D eigenvalue weighted by Crippen LogP contribution is -2.30. The molecule has 114 valence electrons. The summed E-state index contributed by atoms with van der Waals surface area (Å²) in [6.45, 7) is 1.80. The Hall–Kier alpha value is -1.34. The summed E-state index contributed by atoms with van der Waals surface area (Å²) in [7, 11) is 0. The zero-order chi connectivity index (χ0) is 15.5. The van der Waals surface area contributed by atoms with Crippen LogP contribution in [-0.2, 0) is 6.18 Å². The monoisotopic (exact) mass is 362 g/mol. The number of hydrogen-bond donors (Lipinski definition) is 2. The average molecular weight is 363 g/mol. The van der Waals surface area contributed by atoms with Crippen LogP contribution in [0.15, 0.2) is 34.3 Å². The van der Waals surface area contributed by atoms with Gasteiger partial charge in [-0.25, -0.2) is 0 Å². The minimum Gasteiger partial charge on any atom is -0.348 e. The first kappa shape index (κ1) is 16.0. The lowest BCUT2D eigenvalue weighted by atomic mass is 10.1. The molecule has 0 saturated heterocycles. The molecule has 0 unspecified atom stereocenters. The van der Waals surface area contributed by atoms with Crippen LogP contribution in [0.3, 0.4) is 0 Å². The van der Waals surface area contributed by atoms with Crippen LogP contribution in [-0.4, -0.2) is 25.5 Å². The van der Waals surface area contributed by atoms with Crippen molar-refractivity contribution >= 4 is 21.8 Å². The van der Waals surface area contributed by atoms with Crippen molar-refractivity contribution < 1.29 is 18.0 Å². The van der Waals surface area contributed by atoms with Crippen LogP contribution in [0.5, 0.6) is 0 Å². The molecule has 2 rings (SSSR count). The van der Waals surface area contributed by atoms with E-state index in [0.717, 1.165) is 31.1 Å². The highest BCUT2D eigenvalue weighted by molar-refractivity contribution is 9.10. The predicted octanol–water partition coefficient (Wildman–Crippen LogP) is 3.12. The highest BCUT2D eigenvalue weighted by Gasteiger charge is 2.35. The number of halogens is 4. The molecule has 0 atom stereocenters. The van der Waals surface area contributed by atoms with Crippen molar-refractivity contribution in [3.8, 4) is 0 Å². The maximum absolute atomic E-state index is 13.0. The molecule has 1 aromatic carbocycles. The Bertz CT molecular complexity index is 570. The fourth-order valence-corrected chi connectivity index (χ4v) is 2.43. The van der Waals surface area contributed by atoms with Gasteiger partial charge in [-0.2, -0.15) is 13.2 Å². The quantitative estimate of drug-likeness (QED) is 0.811. The van der Waals surface area contributed by atoms with Crippen LogP contribution in [0.2, 0.25) is 0 Å². The number of amides is 1. The maximum Gasteiger partial charge on any atom is 0.417 e. The second-order valence-electron chi connectivity index (χ2n) is 4.69. The molecule has 0 saturated carbocycles. The fourth-order valence-electron chi connectivity index (χ4n) is 2.07. The molecule has 0 aliphatic carbocycles. The molecule has 0 spiro atoms. The topological polar surface area (TPSA) is 41.1 Å². The second-order valence-corrected chi connectivity index (χ2v) is 5.60. The van der Waals surface area contributed by atoms with Crippen molar-refractivity contribution in [3.63, 3.8) is 0 Å². The third-order valence-electron chi connectivity index (χ3n) is 3.17. The van der Waals surface area contributed by atoms with Crippen molar-refractivity contribution in [2.24, 2.45) is 0 Å². The van der Waals surface area contributed by atoms with E-state index in [4.69, 9.17) is 0 Å². The van der Waals surface area contributed by atoms with Gasteiger partial charge in [-0.15, -0.1) is 0 Å². The van der Waals surface area contributed by atoms with E-state index >= 15 is 0 Å². The van der Waals surface area contributed by atoms with Gasteiger partial charge in [0, 0.05) is 17.6 Å². The van der Waals surface area contributed by atoms with Gasteiger partial charge in [0.2, 0.25) is 0 Å². The van der Waals surface area contributed by atoms with Crippen LogP contribution in [0.25, 0.3) is 0 Å². The van der Waals surface area contributed by atoms with E-state index in [1.807, 2.05) is 6.08 Å². The van der Waals surface area contributed by atoms with Crippen LogP contribution in [0, 0.1) is 0 Å². The van der Waals surface area contributed by atoms with E-state index in [0.29, 0.717) is 0 Å². The van der Waals surface area contributed by atoms with Gasteiger partial charge in [0.15, 0.2) is 0 Å². The molecule has 1 aliphatic rings. The molecule has 0 fully saturated rings. The molecule has 1 aliphatic heterocycles. The summed E-state index contributed by atoms with van der Waals surface area (Å²) in [6.07, 6.45) is -1.84. The minimum atomic E-state index is -4.57. The number of nitrogens with one attached hydrogen (secondary N) is 2. The van der Waals surface area contributed by atoms with Crippen molar-refractivity contribution in [1.82, 2.24) is 10.6 Å². The standard InChI is InChI=1S/C14H14BrF3N2O/c15-10-1-2-11(12(7-10)14(16,17)18)13(21)20-8-9-3-5-19-6-4-9/h1-3,7,19H,4-6,8H2,(H,20,21). The third kappa shape index (κ3) is 4.31. The smallest absolute Gasteiger partial charge is 0.348 e. The van der Waals surface area contributed by atoms with Gasteiger partial charge in [-0.05, 0) is 31.2 Å². The van der Waals surface area contributed by atoms with Gasteiger partial charge in [-0.1, -0.05) is 27.6 Å². The molecule has 0 bridgehead atoms. The second kappa shape index (κ2) is 6.62. The highest BCUT2D eigenvalue weighted by atomic mass is 79.9. The zero-order valence-corrected chi connectivity index (χ0v) is 12.6. The summed E-state index contributed by atoms with van der Waals surface area (Å²) in [5.41, 5.74) is -0.276. The largest absolute Gasteiger partial charge is 0.417 e. The molecule has 2 N–H and O–H groups in total. The number of carbonyl (C=O) groups excluding carboxylic acids is 1. The fraction of sp³-hybridized carbons (Fsp3) is 0.357. The van der Waals surface area contributed by atoms with Crippen LogP contribution < -0.4 is 10.6 Å². The van der Waals surface area contributed by atoms with Gasteiger partial charge >= 0.3 is 6.18 Å². The molecule has 1 amide bonds. The third-order valence-corrected chi connectivity index (χ3v) is 3.66. The predicted molar refractivity (Wildman–Crippen MR) is 77.0 cm³/mol. The van der Waals surface area contributed by atoms with Crippen molar-refractivity contribution in [1.29, 1.82) is 0 Å². The minimum absolute atomic E-state index is 0.272. The normalized spacial score (nSPS) is 15.5. The number of rotatable bonds is 3. The van der Waals surface area contributed by atoms with E-state index in [9.17, 15) is 18.0 Å². The lowest BCUT2D eigenvalue weighted by molar-refractivity contribution is -0.138. The molecule has 1 aromatic rings. The van der Waals surface area contributed by atoms with Gasteiger partial charge < -0.3 is 10.6 Å².